The third kappa shape index (κ3) is 2.10. The summed E-state index contributed by atoms with van der Waals surface area (Å²) in [4.78, 5) is 4.08. The van der Waals surface area contributed by atoms with Gasteiger partial charge in [0.15, 0.2) is 5.92 Å². The highest BCUT2D eigenvalue weighted by Gasteiger charge is 2.16. The van der Waals surface area contributed by atoms with Crippen LogP contribution in [0.3, 0.4) is 0 Å². The molecule has 0 saturated heterocycles. The minimum absolute atomic E-state index is 0.273. The van der Waals surface area contributed by atoms with Crippen molar-refractivity contribution < 1.29 is 0 Å². The van der Waals surface area contributed by atoms with Gasteiger partial charge in [-0.3, -0.25) is 0 Å². The zero-order valence-electron chi connectivity index (χ0n) is 8.48. The fourth-order valence-corrected chi connectivity index (χ4v) is 2.29. The molecule has 0 fully saturated rings. The van der Waals surface area contributed by atoms with E-state index in [1.165, 1.54) is 0 Å². The largest absolute Gasteiger partial charge is 0.238 e. The van der Waals surface area contributed by atoms with Gasteiger partial charge in [-0.1, -0.05) is 39.7 Å². The van der Waals surface area contributed by atoms with Crippen molar-refractivity contribution in [2.75, 3.05) is 0 Å². The fraction of sp³-hybridized carbons (Fsp3) is 0.0833. The Bertz CT molecular complexity index is 656. The SMILES string of the molecule is N#CC(C#N)c1nc(Cl)cc2c(Br)cccc12. The zero-order chi connectivity index (χ0) is 12.4. The molecule has 1 heterocycles. The van der Waals surface area contributed by atoms with Gasteiger partial charge in [0.25, 0.3) is 0 Å². The van der Waals surface area contributed by atoms with Crippen LogP contribution in [0.15, 0.2) is 28.7 Å². The van der Waals surface area contributed by atoms with E-state index in [2.05, 4.69) is 20.9 Å². The van der Waals surface area contributed by atoms with Gasteiger partial charge in [0.2, 0.25) is 0 Å². The van der Waals surface area contributed by atoms with Crippen molar-refractivity contribution in [1.82, 2.24) is 4.98 Å². The molecule has 0 aliphatic heterocycles. The quantitative estimate of drug-likeness (QED) is 0.753. The first-order valence-corrected chi connectivity index (χ1v) is 5.88. The molecule has 0 unspecified atom stereocenters. The molecule has 0 radical (unpaired) electrons. The third-order valence-corrected chi connectivity index (χ3v) is 3.24. The summed E-state index contributed by atoms with van der Waals surface area (Å²) in [6, 6.07) is 11.0. The molecule has 0 aliphatic carbocycles. The first-order chi connectivity index (χ1) is 8.17. The molecule has 3 nitrogen and oxygen atoms in total. The molecule has 82 valence electrons. The van der Waals surface area contributed by atoms with Gasteiger partial charge in [-0.05, 0) is 12.1 Å². The van der Waals surface area contributed by atoms with Gasteiger partial charge in [-0.2, -0.15) is 10.5 Å². The molecule has 2 aromatic rings. The summed E-state index contributed by atoms with van der Waals surface area (Å²) in [6.45, 7) is 0. The van der Waals surface area contributed by atoms with Gasteiger partial charge in [-0.25, -0.2) is 4.98 Å². The Morgan fingerprint density at radius 1 is 1.24 bits per heavy atom. The van der Waals surface area contributed by atoms with Crippen LogP contribution >= 0.6 is 27.5 Å². The number of benzene rings is 1. The smallest absolute Gasteiger partial charge is 0.175 e. The molecule has 1 aromatic carbocycles. The average molecular weight is 307 g/mol. The van der Waals surface area contributed by atoms with E-state index >= 15 is 0 Å². The fourth-order valence-electron chi connectivity index (χ4n) is 1.60. The van der Waals surface area contributed by atoms with E-state index in [4.69, 9.17) is 22.1 Å². The van der Waals surface area contributed by atoms with Crippen LogP contribution in [-0.2, 0) is 0 Å². The van der Waals surface area contributed by atoms with Crippen LogP contribution in [-0.4, -0.2) is 4.98 Å². The summed E-state index contributed by atoms with van der Waals surface area (Å²) >= 11 is 9.31. The summed E-state index contributed by atoms with van der Waals surface area (Å²) in [5, 5.41) is 19.7. The normalized spacial score (nSPS) is 10.2. The lowest BCUT2D eigenvalue weighted by atomic mass is 10.0. The van der Waals surface area contributed by atoms with E-state index in [9.17, 15) is 0 Å². The number of nitriles is 2. The number of pyridine rings is 1. The first-order valence-electron chi connectivity index (χ1n) is 4.71. The van der Waals surface area contributed by atoms with Crippen molar-refractivity contribution in [3.63, 3.8) is 0 Å². The Balaban J connectivity index is 2.85. The highest BCUT2D eigenvalue weighted by Crippen LogP contribution is 2.30. The summed E-state index contributed by atoms with van der Waals surface area (Å²) in [5.74, 6) is -0.912. The van der Waals surface area contributed by atoms with Gasteiger partial charge >= 0.3 is 0 Å². The molecular formula is C12H5BrClN3. The molecule has 0 bridgehead atoms. The predicted molar refractivity (Wildman–Crippen MR) is 68.4 cm³/mol. The topological polar surface area (TPSA) is 60.5 Å². The molecule has 0 amide bonds. The third-order valence-electron chi connectivity index (χ3n) is 2.35. The molecule has 0 spiro atoms. The number of fused-ring (bicyclic) bond motifs is 1. The lowest BCUT2D eigenvalue weighted by molar-refractivity contribution is 1.03. The van der Waals surface area contributed by atoms with Crippen molar-refractivity contribution in [3.8, 4) is 12.1 Å². The predicted octanol–water partition coefficient (Wildman–Crippen LogP) is 3.78. The van der Waals surface area contributed by atoms with Crippen LogP contribution in [0.25, 0.3) is 10.8 Å². The molecular weight excluding hydrogens is 302 g/mol. The van der Waals surface area contributed by atoms with Gasteiger partial charge in [-0.15, -0.1) is 0 Å². The molecule has 17 heavy (non-hydrogen) atoms. The maximum absolute atomic E-state index is 8.93. The number of halogens is 2. The van der Waals surface area contributed by atoms with Crippen molar-refractivity contribution in [1.29, 1.82) is 10.5 Å². The standard InChI is InChI=1S/C12H5BrClN3/c13-10-3-1-2-8-9(10)4-11(14)17-12(8)7(5-15)6-16/h1-4,7H. The minimum Gasteiger partial charge on any atom is -0.238 e. The minimum atomic E-state index is -0.912. The van der Waals surface area contributed by atoms with Crippen molar-refractivity contribution in [3.05, 3.63) is 39.6 Å². The highest BCUT2D eigenvalue weighted by molar-refractivity contribution is 9.10. The van der Waals surface area contributed by atoms with Crippen LogP contribution in [0, 0.1) is 22.7 Å². The van der Waals surface area contributed by atoms with E-state index in [0.717, 1.165) is 15.2 Å². The van der Waals surface area contributed by atoms with Crippen molar-refractivity contribution in [2.24, 2.45) is 0 Å². The Kier molecular flexibility index (Phi) is 3.28. The van der Waals surface area contributed by atoms with Crippen molar-refractivity contribution >= 4 is 38.3 Å². The first kappa shape index (κ1) is 11.9. The molecule has 0 atom stereocenters. The Morgan fingerprint density at radius 3 is 2.59 bits per heavy atom. The van der Waals surface area contributed by atoms with Crippen LogP contribution < -0.4 is 0 Å². The van der Waals surface area contributed by atoms with Crippen molar-refractivity contribution in [2.45, 2.75) is 5.92 Å². The van der Waals surface area contributed by atoms with Gasteiger partial charge in [0, 0.05) is 15.2 Å². The van der Waals surface area contributed by atoms with Gasteiger partial charge in [0.05, 0.1) is 17.8 Å². The average Bonchev–Trinajstić information content (AvgIpc) is 2.32. The van der Waals surface area contributed by atoms with Crippen LogP contribution in [0.2, 0.25) is 5.15 Å². The molecule has 0 saturated carbocycles. The number of rotatable bonds is 1. The maximum atomic E-state index is 8.93. The summed E-state index contributed by atoms with van der Waals surface area (Å²) < 4.78 is 0.857. The second-order valence-electron chi connectivity index (χ2n) is 3.36. The van der Waals surface area contributed by atoms with Crippen LogP contribution in [0.5, 0.6) is 0 Å². The Hall–Kier alpha value is -1.62. The number of hydrogen-bond acceptors (Lipinski definition) is 3. The van der Waals surface area contributed by atoms with Crippen LogP contribution in [0.1, 0.15) is 11.6 Å². The summed E-state index contributed by atoms with van der Waals surface area (Å²) in [7, 11) is 0. The summed E-state index contributed by atoms with van der Waals surface area (Å²) in [6.07, 6.45) is 0. The molecule has 2 rings (SSSR count). The lowest BCUT2D eigenvalue weighted by Gasteiger charge is -2.07. The van der Waals surface area contributed by atoms with E-state index in [1.54, 1.807) is 6.07 Å². The Morgan fingerprint density at radius 2 is 1.94 bits per heavy atom. The second-order valence-corrected chi connectivity index (χ2v) is 4.60. The van der Waals surface area contributed by atoms with E-state index in [0.29, 0.717) is 5.69 Å². The molecule has 1 aromatic heterocycles. The maximum Gasteiger partial charge on any atom is 0.175 e. The monoisotopic (exact) mass is 305 g/mol. The lowest BCUT2D eigenvalue weighted by Crippen LogP contribution is -1.98. The van der Waals surface area contributed by atoms with Gasteiger partial charge in [0.1, 0.15) is 5.15 Å². The number of aromatic nitrogens is 1. The Labute approximate surface area is 111 Å². The van der Waals surface area contributed by atoms with E-state index in [1.807, 2.05) is 30.3 Å². The number of hydrogen-bond donors (Lipinski definition) is 0. The second kappa shape index (κ2) is 4.71. The van der Waals surface area contributed by atoms with E-state index in [-0.39, 0.29) is 5.15 Å². The highest BCUT2D eigenvalue weighted by atomic mass is 79.9. The molecule has 5 heteroatoms. The summed E-state index contributed by atoms with van der Waals surface area (Å²) in [5.41, 5.74) is 0.402. The van der Waals surface area contributed by atoms with E-state index < -0.39 is 5.92 Å². The van der Waals surface area contributed by atoms with Gasteiger partial charge < -0.3 is 0 Å². The molecule has 0 aliphatic rings. The number of nitrogens with zero attached hydrogens (tertiary/aromatic N) is 3. The zero-order valence-corrected chi connectivity index (χ0v) is 10.8. The molecule has 0 N–H and O–H groups in total. The van der Waals surface area contributed by atoms with Crippen LogP contribution in [0.4, 0.5) is 0 Å².